The first kappa shape index (κ1) is 22.9. The van der Waals surface area contributed by atoms with Crippen LogP contribution in [0, 0.1) is 0 Å². The van der Waals surface area contributed by atoms with Crippen LogP contribution in [-0.2, 0) is 17.5 Å². The number of fused-ring (bicyclic) bond motifs is 1. The van der Waals surface area contributed by atoms with Crippen LogP contribution in [0.15, 0.2) is 60.8 Å². The molecule has 1 fully saturated rings. The second-order valence-corrected chi connectivity index (χ2v) is 8.06. The average Bonchev–Trinajstić information content (AvgIpc) is 3.29. The normalized spacial score (nSPS) is 14.8. The Balaban J connectivity index is 1.38. The van der Waals surface area contributed by atoms with E-state index in [4.69, 9.17) is 4.74 Å². The fourth-order valence-corrected chi connectivity index (χ4v) is 3.85. The first-order valence-electron chi connectivity index (χ1n) is 11.0. The van der Waals surface area contributed by atoms with Gasteiger partial charge < -0.3 is 10.1 Å². The molecule has 0 spiro atoms. The third-order valence-corrected chi connectivity index (χ3v) is 5.59. The first-order valence-corrected chi connectivity index (χ1v) is 11.0. The number of halogens is 3. The largest absolute Gasteiger partial charge is 0.416 e. The van der Waals surface area contributed by atoms with Crippen molar-refractivity contribution in [3.8, 4) is 11.4 Å². The van der Waals surface area contributed by atoms with Gasteiger partial charge in [0, 0.05) is 31.4 Å². The van der Waals surface area contributed by atoms with Crippen molar-refractivity contribution in [2.24, 2.45) is 0 Å². The van der Waals surface area contributed by atoms with Gasteiger partial charge in [-0.15, -0.1) is 5.10 Å². The average molecular weight is 482 g/mol. The Hall–Kier alpha value is -3.83. The van der Waals surface area contributed by atoms with Gasteiger partial charge in [-0.1, -0.05) is 18.2 Å². The summed E-state index contributed by atoms with van der Waals surface area (Å²) >= 11 is 0. The van der Waals surface area contributed by atoms with Gasteiger partial charge in [0.2, 0.25) is 0 Å². The molecule has 8 nitrogen and oxygen atoms in total. The lowest BCUT2D eigenvalue weighted by Crippen LogP contribution is -2.35. The molecule has 0 bridgehead atoms. The molecule has 5 rings (SSSR count). The maximum Gasteiger partial charge on any atom is 0.416 e. The SMILES string of the molecule is O=C(Nc1cccc(CN2CCOCC2)n1)c1cccn2nc(-c3cccc(C(F)(F)F)c3)nc12. The molecule has 1 amide bonds. The lowest BCUT2D eigenvalue weighted by Gasteiger charge is -2.26. The van der Waals surface area contributed by atoms with Gasteiger partial charge in [0.05, 0.1) is 30.0 Å². The summed E-state index contributed by atoms with van der Waals surface area (Å²) in [6.07, 6.45) is -2.90. The van der Waals surface area contributed by atoms with E-state index in [1.54, 1.807) is 24.4 Å². The Bertz CT molecular complexity index is 1360. The summed E-state index contributed by atoms with van der Waals surface area (Å²) in [6, 6.07) is 13.4. The number of alkyl halides is 3. The van der Waals surface area contributed by atoms with Crippen molar-refractivity contribution in [3.63, 3.8) is 0 Å². The lowest BCUT2D eigenvalue weighted by atomic mass is 10.1. The molecule has 0 saturated carbocycles. The molecular weight excluding hydrogens is 461 g/mol. The monoisotopic (exact) mass is 482 g/mol. The topological polar surface area (TPSA) is 84.7 Å². The van der Waals surface area contributed by atoms with Crippen molar-refractivity contribution in [1.82, 2.24) is 24.5 Å². The Labute approximate surface area is 198 Å². The number of aromatic nitrogens is 4. The van der Waals surface area contributed by atoms with E-state index in [0.717, 1.165) is 30.9 Å². The van der Waals surface area contributed by atoms with Gasteiger partial charge in [-0.3, -0.25) is 9.69 Å². The minimum absolute atomic E-state index is 0.0852. The van der Waals surface area contributed by atoms with Gasteiger partial charge in [-0.25, -0.2) is 14.5 Å². The summed E-state index contributed by atoms with van der Waals surface area (Å²) in [4.78, 5) is 24.2. The molecule has 35 heavy (non-hydrogen) atoms. The third kappa shape index (κ3) is 5.15. The van der Waals surface area contributed by atoms with Gasteiger partial charge >= 0.3 is 6.18 Å². The molecule has 0 atom stereocenters. The Morgan fingerprint density at radius 2 is 1.83 bits per heavy atom. The molecule has 1 saturated heterocycles. The number of morpholine rings is 1. The van der Waals surface area contributed by atoms with Crippen molar-refractivity contribution >= 4 is 17.4 Å². The van der Waals surface area contributed by atoms with E-state index in [2.05, 4.69) is 25.3 Å². The summed E-state index contributed by atoms with van der Waals surface area (Å²) in [5.41, 5.74) is 0.667. The highest BCUT2D eigenvalue weighted by molar-refractivity contribution is 6.07. The van der Waals surface area contributed by atoms with Crippen molar-refractivity contribution in [3.05, 3.63) is 77.6 Å². The zero-order valence-electron chi connectivity index (χ0n) is 18.5. The molecule has 4 heterocycles. The van der Waals surface area contributed by atoms with Crippen molar-refractivity contribution in [2.45, 2.75) is 12.7 Å². The summed E-state index contributed by atoms with van der Waals surface area (Å²) in [5, 5.41) is 7.05. The molecule has 11 heteroatoms. The van der Waals surface area contributed by atoms with Gasteiger partial charge in [0.1, 0.15) is 5.82 Å². The lowest BCUT2D eigenvalue weighted by molar-refractivity contribution is -0.137. The third-order valence-electron chi connectivity index (χ3n) is 5.59. The van der Waals surface area contributed by atoms with Crippen LogP contribution in [-0.4, -0.2) is 56.7 Å². The van der Waals surface area contributed by atoms with E-state index in [1.165, 1.54) is 16.6 Å². The smallest absolute Gasteiger partial charge is 0.379 e. The number of hydrogen-bond donors (Lipinski definition) is 1. The highest BCUT2D eigenvalue weighted by Crippen LogP contribution is 2.31. The Kier molecular flexibility index (Phi) is 6.18. The highest BCUT2D eigenvalue weighted by Gasteiger charge is 2.30. The molecule has 3 aromatic heterocycles. The van der Waals surface area contributed by atoms with Gasteiger partial charge in [-0.05, 0) is 36.4 Å². The minimum Gasteiger partial charge on any atom is -0.379 e. The van der Waals surface area contributed by atoms with E-state index < -0.39 is 17.6 Å². The first-order chi connectivity index (χ1) is 16.9. The fraction of sp³-hybridized carbons (Fsp3) is 0.250. The number of pyridine rings is 2. The highest BCUT2D eigenvalue weighted by atomic mass is 19.4. The Morgan fingerprint density at radius 3 is 2.63 bits per heavy atom. The van der Waals surface area contributed by atoms with Crippen LogP contribution in [0.2, 0.25) is 0 Å². The van der Waals surface area contributed by atoms with Crippen LogP contribution >= 0.6 is 0 Å². The Morgan fingerprint density at radius 1 is 1.03 bits per heavy atom. The fourth-order valence-electron chi connectivity index (χ4n) is 3.85. The maximum absolute atomic E-state index is 13.1. The van der Waals surface area contributed by atoms with E-state index in [9.17, 15) is 18.0 Å². The van der Waals surface area contributed by atoms with E-state index in [0.29, 0.717) is 25.6 Å². The van der Waals surface area contributed by atoms with Gasteiger partial charge in [0.15, 0.2) is 11.5 Å². The number of carbonyl (C=O) groups is 1. The minimum atomic E-state index is -4.48. The molecule has 180 valence electrons. The number of amides is 1. The number of nitrogens with one attached hydrogen (secondary N) is 1. The van der Waals surface area contributed by atoms with Crippen LogP contribution in [0.5, 0.6) is 0 Å². The zero-order valence-corrected chi connectivity index (χ0v) is 18.5. The number of rotatable bonds is 5. The van der Waals surface area contributed by atoms with Crippen LogP contribution in [0.3, 0.4) is 0 Å². The second kappa shape index (κ2) is 9.43. The van der Waals surface area contributed by atoms with Crippen LogP contribution in [0.1, 0.15) is 21.6 Å². The predicted molar refractivity (Wildman–Crippen MR) is 122 cm³/mol. The van der Waals surface area contributed by atoms with Crippen LogP contribution in [0.4, 0.5) is 19.0 Å². The number of benzene rings is 1. The molecule has 4 aromatic rings. The number of anilines is 1. The molecular formula is C24H21F3N6O2. The van der Waals surface area contributed by atoms with Gasteiger partial charge in [-0.2, -0.15) is 13.2 Å². The van der Waals surface area contributed by atoms with E-state index in [1.807, 2.05) is 12.1 Å². The van der Waals surface area contributed by atoms with Crippen molar-refractivity contribution in [2.75, 3.05) is 31.6 Å². The molecule has 1 N–H and O–H groups in total. The molecule has 0 radical (unpaired) electrons. The molecule has 1 aliphatic rings. The zero-order chi connectivity index (χ0) is 24.4. The predicted octanol–water partition coefficient (Wildman–Crippen LogP) is 3.89. The summed E-state index contributed by atoms with van der Waals surface area (Å²) < 4.78 is 46.1. The number of hydrogen-bond acceptors (Lipinski definition) is 6. The standard InChI is InChI=1S/C24H21F3N6O2/c25-24(26,27)17-5-1-4-16(14-17)21-30-22-19(7-3-9-33(22)31-21)23(34)29-20-8-2-6-18(28-20)15-32-10-12-35-13-11-32/h1-9,14H,10-13,15H2,(H,28,29,34). The number of nitrogens with zero attached hydrogens (tertiary/aromatic N) is 5. The molecule has 1 aliphatic heterocycles. The number of ether oxygens (including phenoxy) is 1. The quantitative estimate of drug-likeness (QED) is 0.465. The summed E-state index contributed by atoms with van der Waals surface area (Å²) in [6.45, 7) is 3.65. The van der Waals surface area contributed by atoms with Crippen LogP contribution in [0.25, 0.3) is 17.0 Å². The molecule has 0 unspecified atom stereocenters. The number of carbonyl (C=O) groups excluding carboxylic acids is 1. The summed E-state index contributed by atoms with van der Waals surface area (Å²) in [5.74, 6) is 0.0250. The summed E-state index contributed by atoms with van der Waals surface area (Å²) in [7, 11) is 0. The molecule has 0 aliphatic carbocycles. The van der Waals surface area contributed by atoms with Crippen molar-refractivity contribution in [1.29, 1.82) is 0 Å². The van der Waals surface area contributed by atoms with E-state index >= 15 is 0 Å². The molecule has 1 aromatic carbocycles. The van der Waals surface area contributed by atoms with Crippen molar-refractivity contribution < 1.29 is 22.7 Å². The van der Waals surface area contributed by atoms with Gasteiger partial charge in [0.25, 0.3) is 5.91 Å². The van der Waals surface area contributed by atoms with E-state index in [-0.39, 0.29) is 22.6 Å². The second-order valence-electron chi connectivity index (χ2n) is 8.06. The maximum atomic E-state index is 13.1. The van der Waals surface area contributed by atoms with Crippen LogP contribution < -0.4 is 5.32 Å².